The Bertz CT molecular complexity index is 667. The van der Waals surface area contributed by atoms with E-state index in [0.29, 0.717) is 22.5 Å². The van der Waals surface area contributed by atoms with Gasteiger partial charge in [0.05, 0.1) is 5.69 Å². The fourth-order valence-electron chi connectivity index (χ4n) is 2.25. The third-order valence-corrected chi connectivity index (χ3v) is 3.31. The predicted octanol–water partition coefficient (Wildman–Crippen LogP) is 3.83. The summed E-state index contributed by atoms with van der Waals surface area (Å²) in [7, 11) is 0. The van der Waals surface area contributed by atoms with E-state index in [4.69, 9.17) is 11.1 Å². The maximum absolute atomic E-state index is 11.7. The molecule has 0 fully saturated rings. The normalized spacial score (nSPS) is 10.3. The average molecular weight is 266 g/mol. The van der Waals surface area contributed by atoms with Crippen molar-refractivity contribution in [2.24, 2.45) is 0 Å². The second kappa shape index (κ2) is 5.29. The van der Waals surface area contributed by atoms with Crippen LogP contribution in [0.2, 0.25) is 0 Å². The van der Waals surface area contributed by atoms with Crippen LogP contribution in [0.5, 0.6) is 0 Å². The lowest BCUT2D eigenvalue weighted by Gasteiger charge is -2.12. The Hall–Kier alpha value is -2.42. The molecule has 2 aromatic carbocycles. The van der Waals surface area contributed by atoms with E-state index in [0.717, 1.165) is 16.7 Å². The second-order valence-electron chi connectivity index (χ2n) is 5.04. The van der Waals surface area contributed by atoms with E-state index in [1.807, 2.05) is 31.2 Å². The van der Waals surface area contributed by atoms with Gasteiger partial charge in [-0.2, -0.15) is 0 Å². The average Bonchev–Trinajstić information content (AvgIpc) is 2.38. The zero-order valence-corrected chi connectivity index (χ0v) is 11.9. The summed E-state index contributed by atoms with van der Waals surface area (Å²) in [5.41, 5.74) is 10.9. The molecule has 0 aromatic heterocycles. The molecule has 0 aliphatic carbocycles. The van der Waals surface area contributed by atoms with Gasteiger partial charge in [0.25, 0.3) is 0 Å². The first kappa shape index (κ1) is 14.0. The quantitative estimate of drug-likeness (QED) is 0.503. The van der Waals surface area contributed by atoms with Crippen LogP contribution in [0.1, 0.15) is 35.3 Å². The molecule has 0 saturated heterocycles. The molecular weight excluding hydrogens is 248 g/mol. The van der Waals surface area contributed by atoms with Crippen molar-refractivity contribution in [2.45, 2.75) is 20.8 Å². The lowest BCUT2D eigenvalue weighted by molar-refractivity contribution is 0.101. The molecule has 0 heterocycles. The number of ketones is 1. The number of aryl methyl sites for hydroxylation is 1. The van der Waals surface area contributed by atoms with Crippen molar-refractivity contribution < 1.29 is 4.79 Å². The molecule has 0 unspecified atom stereocenters. The highest BCUT2D eigenvalue weighted by Gasteiger charge is 2.13. The van der Waals surface area contributed by atoms with Gasteiger partial charge < -0.3 is 11.1 Å². The molecule has 0 aliphatic rings. The van der Waals surface area contributed by atoms with Gasteiger partial charge in [-0.05, 0) is 44.0 Å². The predicted molar refractivity (Wildman–Crippen MR) is 83.5 cm³/mol. The third kappa shape index (κ3) is 2.62. The fraction of sp³-hybridized carbons (Fsp3) is 0.176. The molecule has 0 aliphatic heterocycles. The number of nitrogen functional groups attached to an aromatic ring is 1. The van der Waals surface area contributed by atoms with E-state index < -0.39 is 0 Å². The summed E-state index contributed by atoms with van der Waals surface area (Å²) in [4.78, 5) is 11.7. The van der Waals surface area contributed by atoms with Crippen LogP contribution < -0.4 is 5.73 Å². The van der Waals surface area contributed by atoms with E-state index in [1.165, 1.54) is 6.92 Å². The third-order valence-electron chi connectivity index (χ3n) is 3.31. The highest BCUT2D eigenvalue weighted by Crippen LogP contribution is 2.28. The molecule has 0 saturated carbocycles. The van der Waals surface area contributed by atoms with Crippen LogP contribution in [0, 0.1) is 12.3 Å². The summed E-state index contributed by atoms with van der Waals surface area (Å²) in [5, 5.41) is 7.82. The standard InChI is InChI=1S/C17H18N2O/c1-10-5-4-6-13(7-10)14-8-15(11(2)18)17(19)16(9-14)12(3)20/h4-9,18H,19H2,1-3H3. The molecule has 102 valence electrons. The smallest absolute Gasteiger partial charge is 0.161 e. The molecule has 3 heteroatoms. The summed E-state index contributed by atoms with van der Waals surface area (Å²) in [6.45, 7) is 5.19. The first-order valence-electron chi connectivity index (χ1n) is 6.47. The van der Waals surface area contributed by atoms with Crippen LogP contribution in [-0.2, 0) is 0 Å². The van der Waals surface area contributed by atoms with E-state index in [9.17, 15) is 4.79 Å². The summed E-state index contributed by atoms with van der Waals surface area (Å²) in [6.07, 6.45) is 0. The van der Waals surface area contributed by atoms with Crippen molar-refractivity contribution in [3.8, 4) is 11.1 Å². The summed E-state index contributed by atoms with van der Waals surface area (Å²) < 4.78 is 0. The Morgan fingerprint density at radius 3 is 2.25 bits per heavy atom. The first-order chi connectivity index (χ1) is 9.40. The number of hydrogen-bond donors (Lipinski definition) is 2. The lowest BCUT2D eigenvalue weighted by atomic mass is 9.94. The fourth-order valence-corrected chi connectivity index (χ4v) is 2.25. The largest absolute Gasteiger partial charge is 0.398 e. The van der Waals surface area contributed by atoms with Crippen molar-refractivity contribution in [1.29, 1.82) is 5.41 Å². The van der Waals surface area contributed by atoms with Crippen LogP contribution >= 0.6 is 0 Å². The van der Waals surface area contributed by atoms with E-state index in [1.54, 1.807) is 13.0 Å². The first-order valence-corrected chi connectivity index (χ1v) is 6.47. The van der Waals surface area contributed by atoms with Gasteiger partial charge in [-0.25, -0.2) is 0 Å². The van der Waals surface area contributed by atoms with Crippen LogP contribution in [0.25, 0.3) is 11.1 Å². The van der Waals surface area contributed by atoms with Gasteiger partial charge >= 0.3 is 0 Å². The van der Waals surface area contributed by atoms with E-state index in [2.05, 4.69) is 6.07 Å². The molecule has 0 radical (unpaired) electrons. The SMILES string of the molecule is CC(=N)c1cc(-c2cccc(C)c2)cc(C(C)=O)c1N. The summed E-state index contributed by atoms with van der Waals surface area (Å²) in [5.74, 6) is -0.0838. The number of carbonyl (C=O) groups is 1. The summed E-state index contributed by atoms with van der Waals surface area (Å²) in [6, 6.07) is 11.7. The van der Waals surface area contributed by atoms with Crippen LogP contribution in [0.4, 0.5) is 5.69 Å². The van der Waals surface area contributed by atoms with Crippen molar-refractivity contribution >= 4 is 17.2 Å². The van der Waals surface area contributed by atoms with Crippen molar-refractivity contribution in [1.82, 2.24) is 0 Å². The highest BCUT2D eigenvalue weighted by atomic mass is 16.1. The zero-order valence-electron chi connectivity index (χ0n) is 11.9. The molecule has 0 amide bonds. The molecule has 0 bridgehead atoms. The molecule has 0 spiro atoms. The number of rotatable bonds is 3. The minimum absolute atomic E-state index is 0.0838. The Morgan fingerprint density at radius 2 is 1.70 bits per heavy atom. The maximum atomic E-state index is 11.7. The Morgan fingerprint density at radius 1 is 1.05 bits per heavy atom. The summed E-state index contributed by atoms with van der Waals surface area (Å²) >= 11 is 0. The zero-order chi connectivity index (χ0) is 14.9. The Balaban J connectivity index is 2.71. The topological polar surface area (TPSA) is 66.9 Å². The number of anilines is 1. The molecule has 2 aromatic rings. The molecular formula is C17H18N2O. The van der Waals surface area contributed by atoms with E-state index >= 15 is 0 Å². The van der Waals surface area contributed by atoms with Gasteiger partial charge in [0.1, 0.15) is 0 Å². The molecule has 20 heavy (non-hydrogen) atoms. The van der Waals surface area contributed by atoms with Gasteiger partial charge in [-0.15, -0.1) is 0 Å². The Labute approximate surface area is 118 Å². The number of nitrogens with two attached hydrogens (primary N) is 1. The number of benzene rings is 2. The molecule has 2 rings (SSSR count). The van der Waals surface area contributed by atoms with Gasteiger partial charge in [-0.1, -0.05) is 29.8 Å². The van der Waals surface area contributed by atoms with Crippen LogP contribution in [0.15, 0.2) is 36.4 Å². The molecule has 3 N–H and O–H groups in total. The molecule has 3 nitrogen and oxygen atoms in total. The monoisotopic (exact) mass is 266 g/mol. The molecule has 0 atom stereocenters. The van der Waals surface area contributed by atoms with Gasteiger partial charge in [0, 0.05) is 16.8 Å². The van der Waals surface area contributed by atoms with Gasteiger partial charge in [0.2, 0.25) is 0 Å². The van der Waals surface area contributed by atoms with Crippen LogP contribution in [0.3, 0.4) is 0 Å². The minimum Gasteiger partial charge on any atom is -0.398 e. The van der Waals surface area contributed by atoms with Crippen LogP contribution in [-0.4, -0.2) is 11.5 Å². The van der Waals surface area contributed by atoms with Crippen molar-refractivity contribution in [2.75, 3.05) is 5.73 Å². The minimum atomic E-state index is -0.0838. The van der Waals surface area contributed by atoms with Crippen molar-refractivity contribution in [3.05, 3.63) is 53.1 Å². The van der Waals surface area contributed by atoms with E-state index in [-0.39, 0.29) is 5.78 Å². The number of Topliss-reactive ketones (excluding diaryl/α,β-unsaturated/α-hetero) is 1. The second-order valence-corrected chi connectivity index (χ2v) is 5.04. The maximum Gasteiger partial charge on any atom is 0.161 e. The number of hydrogen-bond acceptors (Lipinski definition) is 3. The lowest BCUT2D eigenvalue weighted by Crippen LogP contribution is -2.07. The van der Waals surface area contributed by atoms with Gasteiger partial charge in [-0.3, -0.25) is 4.79 Å². The number of nitrogens with one attached hydrogen (secondary N) is 1. The Kier molecular flexibility index (Phi) is 3.70. The highest BCUT2D eigenvalue weighted by molar-refractivity contribution is 6.09. The number of carbonyl (C=O) groups excluding carboxylic acids is 1. The van der Waals surface area contributed by atoms with Gasteiger partial charge in [0.15, 0.2) is 5.78 Å². The van der Waals surface area contributed by atoms with Crippen molar-refractivity contribution in [3.63, 3.8) is 0 Å².